The molecular weight excluding hydrogens is 288 g/mol. The fourth-order valence-corrected chi connectivity index (χ4v) is 4.40. The molecule has 1 aliphatic rings. The molecule has 6 heteroatoms. The molecule has 2 unspecified atom stereocenters. The van der Waals surface area contributed by atoms with E-state index in [0.29, 0.717) is 18.7 Å². The highest BCUT2D eigenvalue weighted by Gasteiger charge is 2.38. The minimum absolute atomic E-state index is 0.131. The Balaban J connectivity index is 2.31. The number of hydrogen-bond donors (Lipinski definition) is 0. The smallest absolute Gasteiger partial charge is 0.243 e. The van der Waals surface area contributed by atoms with Crippen LogP contribution < -0.4 is 0 Å². The minimum atomic E-state index is -3.54. The summed E-state index contributed by atoms with van der Waals surface area (Å²) < 4.78 is 27.0. The molecule has 0 aliphatic carbocycles. The van der Waals surface area contributed by atoms with Crippen LogP contribution in [0.25, 0.3) is 0 Å². The van der Waals surface area contributed by atoms with E-state index < -0.39 is 10.0 Å². The molecule has 0 bridgehead atoms. The van der Waals surface area contributed by atoms with Gasteiger partial charge in [-0.25, -0.2) is 8.42 Å². The van der Waals surface area contributed by atoms with Gasteiger partial charge in [-0.1, -0.05) is 19.1 Å². The van der Waals surface area contributed by atoms with E-state index in [1.165, 1.54) is 17.3 Å². The van der Waals surface area contributed by atoms with Crippen LogP contribution in [0.1, 0.15) is 24.2 Å². The third-order valence-corrected chi connectivity index (χ3v) is 5.91. The molecule has 0 amide bonds. The van der Waals surface area contributed by atoms with Crippen molar-refractivity contribution in [3.63, 3.8) is 0 Å². The largest absolute Gasteiger partial charge is 0.305 e. The summed E-state index contributed by atoms with van der Waals surface area (Å²) in [5.74, 6) is 0.152. The molecule has 21 heavy (non-hydrogen) atoms. The van der Waals surface area contributed by atoms with Crippen molar-refractivity contribution >= 4 is 15.8 Å². The SMILES string of the molecule is CC(=O)c1cccc(S(=O)(=O)N2CC(C)C(N(C)C)C2)c1. The molecule has 0 aromatic heterocycles. The number of benzene rings is 1. The van der Waals surface area contributed by atoms with Gasteiger partial charge in [0.05, 0.1) is 4.90 Å². The van der Waals surface area contributed by atoms with Crippen LogP contribution in [0, 0.1) is 5.92 Å². The summed E-state index contributed by atoms with van der Waals surface area (Å²) in [6.07, 6.45) is 0. The fourth-order valence-electron chi connectivity index (χ4n) is 2.80. The molecule has 0 N–H and O–H groups in total. The van der Waals surface area contributed by atoms with Gasteiger partial charge in [-0.3, -0.25) is 4.79 Å². The normalized spacial score (nSPS) is 23.7. The third kappa shape index (κ3) is 3.17. The van der Waals surface area contributed by atoms with Gasteiger partial charge in [-0.15, -0.1) is 0 Å². The molecule has 1 aromatic carbocycles. The fraction of sp³-hybridized carbons (Fsp3) is 0.533. The number of nitrogens with zero attached hydrogens (tertiary/aromatic N) is 2. The Hall–Kier alpha value is -1.24. The van der Waals surface area contributed by atoms with E-state index in [1.54, 1.807) is 18.2 Å². The second kappa shape index (κ2) is 5.87. The first-order chi connectivity index (χ1) is 9.73. The summed E-state index contributed by atoms with van der Waals surface area (Å²) in [5.41, 5.74) is 0.424. The molecule has 2 atom stereocenters. The van der Waals surface area contributed by atoms with Gasteiger partial charge >= 0.3 is 0 Å². The van der Waals surface area contributed by atoms with Gasteiger partial charge in [0.25, 0.3) is 0 Å². The van der Waals surface area contributed by atoms with Crippen molar-refractivity contribution in [1.82, 2.24) is 9.21 Å². The van der Waals surface area contributed by atoms with Crippen LogP contribution in [0.5, 0.6) is 0 Å². The van der Waals surface area contributed by atoms with Crippen LogP contribution >= 0.6 is 0 Å². The molecule has 5 nitrogen and oxygen atoms in total. The molecule has 1 heterocycles. The van der Waals surface area contributed by atoms with Crippen LogP contribution in [0.4, 0.5) is 0 Å². The number of rotatable bonds is 4. The third-order valence-electron chi connectivity index (χ3n) is 4.08. The number of Topliss-reactive ketones (excluding diaryl/α,β-unsaturated/α-hetero) is 1. The van der Waals surface area contributed by atoms with Gasteiger partial charge in [0.2, 0.25) is 10.0 Å². The van der Waals surface area contributed by atoms with E-state index in [4.69, 9.17) is 0 Å². The maximum Gasteiger partial charge on any atom is 0.243 e. The van der Waals surface area contributed by atoms with Crippen molar-refractivity contribution in [2.75, 3.05) is 27.2 Å². The van der Waals surface area contributed by atoms with Gasteiger partial charge in [-0.05, 0) is 39.1 Å². The Kier molecular flexibility index (Phi) is 4.51. The molecule has 1 fully saturated rings. The Morgan fingerprint density at radius 2 is 1.95 bits per heavy atom. The Morgan fingerprint density at radius 1 is 1.29 bits per heavy atom. The highest BCUT2D eigenvalue weighted by atomic mass is 32.2. The maximum atomic E-state index is 12.7. The Morgan fingerprint density at radius 3 is 2.48 bits per heavy atom. The van der Waals surface area contributed by atoms with E-state index >= 15 is 0 Å². The molecule has 1 aromatic rings. The number of likely N-dealkylation sites (N-methyl/N-ethyl adjacent to an activating group) is 1. The van der Waals surface area contributed by atoms with E-state index in [0.717, 1.165) is 0 Å². The standard InChI is InChI=1S/C15H22N2O3S/c1-11-9-17(10-15(11)16(3)4)21(19,20)14-7-5-6-13(8-14)12(2)18/h5-8,11,15H,9-10H2,1-4H3. The van der Waals surface area contributed by atoms with E-state index in [1.807, 2.05) is 14.1 Å². The second-order valence-electron chi connectivity index (χ2n) is 5.91. The van der Waals surface area contributed by atoms with Crippen molar-refractivity contribution < 1.29 is 13.2 Å². The van der Waals surface area contributed by atoms with Gasteiger partial charge in [-0.2, -0.15) is 4.31 Å². The number of sulfonamides is 1. The van der Waals surface area contributed by atoms with Crippen LogP contribution in [0.2, 0.25) is 0 Å². The zero-order valence-electron chi connectivity index (χ0n) is 12.9. The Bertz CT molecular complexity index is 640. The Labute approximate surface area is 126 Å². The summed E-state index contributed by atoms with van der Waals surface area (Å²) in [6.45, 7) is 4.49. The van der Waals surface area contributed by atoms with Gasteiger partial charge in [0.15, 0.2) is 5.78 Å². The number of hydrogen-bond acceptors (Lipinski definition) is 4. The van der Waals surface area contributed by atoms with Crippen molar-refractivity contribution in [1.29, 1.82) is 0 Å². The van der Waals surface area contributed by atoms with Gasteiger partial charge < -0.3 is 4.90 Å². The number of carbonyl (C=O) groups is 1. The zero-order valence-corrected chi connectivity index (χ0v) is 13.7. The number of ketones is 1. The average Bonchev–Trinajstić information content (AvgIpc) is 2.82. The zero-order chi connectivity index (χ0) is 15.8. The first-order valence-electron chi connectivity index (χ1n) is 7.01. The lowest BCUT2D eigenvalue weighted by atomic mass is 10.1. The predicted molar refractivity (Wildman–Crippen MR) is 81.8 cm³/mol. The average molecular weight is 310 g/mol. The van der Waals surface area contributed by atoms with Crippen molar-refractivity contribution in [2.24, 2.45) is 5.92 Å². The summed E-state index contributed by atoms with van der Waals surface area (Å²) in [4.78, 5) is 13.7. The van der Waals surface area contributed by atoms with E-state index in [2.05, 4.69) is 11.8 Å². The predicted octanol–water partition coefficient (Wildman–Crippen LogP) is 1.46. The van der Waals surface area contributed by atoms with E-state index in [9.17, 15) is 13.2 Å². The molecule has 1 aliphatic heterocycles. The van der Waals surface area contributed by atoms with Crippen LogP contribution in [0.3, 0.4) is 0 Å². The molecule has 1 saturated heterocycles. The van der Waals surface area contributed by atoms with Gasteiger partial charge in [0, 0.05) is 24.7 Å². The molecule has 116 valence electrons. The topological polar surface area (TPSA) is 57.7 Å². The van der Waals surface area contributed by atoms with Crippen LogP contribution in [-0.2, 0) is 10.0 Å². The van der Waals surface area contributed by atoms with E-state index in [-0.39, 0.29) is 22.6 Å². The van der Waals surface area contributed by atoms with Crippen molar-refractivity contribution in [3.8, 4) is 0 Å². The van der Waals surface area contributed by atoms with Gasteiger partial charge in [0.1, 0.15) is 0 Å². The molecular formula is C15H22N2O3S. The summed E-state index contributed by atoms with van der Waals surface area (Å²) in [5, 5.41) is 0. The molecule has 0 saturated carbocycles. The molecule has 0 spiro atoms. The lowest BCUT2D eigenvalue weighted by Gasteiger charge is -2.22. The van der Waals surface area contributed by atoms with Crippen molar-refractivity contribution in [2.45, 2.75) is 24.8 Å². The minimum Gasteiger partial charge on any atom is -0.305 e. The first kappa shape index (κ1) is 16.1. The maximum absolute atomic E-state index is 12.7. The highest BCUT2D eigenvalue weighted by molar-refractivity contribution is 7.89. The summed E-state index contributed by atoms with van der Waals surface area (Å²) in [6, 6.07) is 6.49. The van der Waals surface area contributed by atoms with Crippen LogP contribution in [-0.4, -0.2) is 56.6 Å². The van der Waals surface area contributed by atoms with Crippen molar-refractivity contribution in [3.05, 3.63) is 29.8 Å². The molecule has 0 radical (unpaired) electrons. The lowest BCUT2D eigenvalue weighted by Crippen LogP contribution is -2.35. The monoisotopic (exact) mass is 310 g/mol. The second-order valence-corrected chi connectivity index (χ2v) is 7.85. The number of carbonyl (C=O) groups excluding carboxylic acids is 1. The first-order valence-corrected chi connectivity index (χ1v) is 8.45. The van der Waals surface area contributed by atoms with Crippen LogP contribution in [0.15, 0.2) is 29.2 Å². The summed E-state index contributed by atoms with van der Waals surface area (Å²) in [7, 11) is 0.392. The quantitative estimate of drug-likeness (QED) is 0.790. The lowest BCUT2D eigenvalue weighted by molar-refractivity contribution is 0.101. The summed E-state index contributed by atoms with van der Waals surface area (Å²) >= 11 is 0. The molecule has 2 rings (SSSR count). The highest BCUT2D eigenvalue weighted by Crippen LogP contribution is 2.26.